The van der Waals surface area contributed by atoms with Gasteiger partial charge < -0.3 is 5.32 Å². The smallest absolute Gasteiger partial charge is 0.281 e. The van der Waals surface area contributed by atoms with Crippen LogP contribution in [0.1, 0.15) is 20.8 Å². The molecular formula is C10H23N3O2S. The fraction of sp³-hybridized carbons (Fsp3) is 1.00. The fourth-order valence-corrected chi connectivity index (χ4v) is 3.22. The summed E-state index contributed by atoms with van der Waals surface area (Å²) in [4.78, 5) is 0. The molecular weight excluding hydrogens is 226 g/mol. The summed E-state index contributed by atoms with van der Waals surface area (Å²) in [5, 5.41) is 3.20. The summed E-state index contributed by atoms with van der Waals surface area (Å²) in [7, 11) is 0.299. The summed E-state index contributed by atoms with van der Waals surface area (Å²) in [6, 6.07) is 0.161. The molecule has 1 fully saturated rings. The van der Waals surface area contributed by atoms with Gasteiger partial charge in [-0.3, -0.25) is 0 Å². The standard InChI is InChI=1S/C10H23N3O2S/c1-10(2,3)9(11-4)8-13-7-6-12(5)16(13,14)15/h9,11H,6-8H2,1-5H3/t9-/m1/s1. The molecule has 1 saturated heterocycles. The van der Waals surface area contributed by atoms with Crippen LogP contribution in [0.4, 0.5) is 0 Å². The molecule has 0 bridgehead atoms. The van der Waals surface area contributed by atoms with Crippen molar-refractivity contribution in [3.8, 4) is 0 Å². The van der Waals surface area contributed by atoms with Crippen LogP contribution in [0.15, 0.2) is 0 Å². The largest absolute Gasteiger partial charge is 0.315 e. The van der Waals surface area contributed by atoms with Crippen LogP contribution < -0.4 is 5.32 Å². The fourth-order valence-electron chi connectivity index (χ4n) is 1.87. The first-order valence-corrected chi connectivity index (χ1v) is 6.98. The number of likely N-dealkylation sites (N-methyl/N-ethyl adjacent to an activating group) is 2. The Balaban J connectivity index is 2.75. The maximum Gasteiger partial charge on any atom is 0.281 e. The molecule has 16 heavy (non-hydrogen) atoms. The van der Waals surface area contributed by atoms with Crippen LogP contribution in [-0.4, -0.2) is 56.8 Å². The first-order chi connectivity index (χ1) is 7.19. The summed E-state index contributed by atoms with van der Waals surface area (Å²) >= 11 is 0. The van der Waals surface area contributed by atoms with Gasteiger partial charge in [0, 0.05) is 32.7 Å². The molecule has 0 amide bonds. The highest BCUT2D eigenvalue weighted by Crippen LogP contribution is 2.23. The predicted octanol–water partition coefficient (Wildman–Crippen LogP) is 0.113. The van der Waals surface area contributed by atoms with Crippen molar-refractivity contribution in [1.82, 2.24) is 13.9 Å². The maximum atomic E-state index is 11.9. The molecule has 1 atom stereocenters. The zero-order valence-corrected chi connectivity index (χ0v) is 11.6. The minimum absolute atomic E-state index is 0.0471. The third kappa shape index (κ3) is 2.74. The van der Waals surface area contributed by atoms with E-state index in [1.54, 1.807) is 11.4 Å². The van der Waals surface area contributed by atoms with Crippen LogP contribution >= 0.6 is 0 Å². The molecule has 0 aromatic heterocycles. The molecule has 0 unspecified atom stereocenters. The summed E-state index contributed by atoms with van der Waals surface area (Å²) in [5.41, 5.74) is 0.0471. The highest BCUT2D eigenvalue weighted by atomic mass is 32.2. The number of rotatable bonds is 3. The van der Waals surface area contributed by atoms with Gasteiger partial charge >= 0.3 is 0 Å². The maximum absolute atomic E-state index is 11.9. The Morgan fingerprint density at radius 1 is 1.31 bits per heavy atom. The van der Waals surface area contributed by atoms with Gasteiger partial charge in [-0.1, -0.05) is 20.8 Å². The first-order valence-electron chi connectivity index (χ1n) is 5.58. The lowest BCUT2D eigenvalue weighted by Crippen LogP contribution is -2.48. The molecule has 0 spiro atoms. The molecule has 1 aliphatic heterocycles. The topological polar surface area (TPSA) is 52.6 Å². The summed E-state index contributed by atoms with van der Waals surface area (Å²) in [6.07, 6.45) is 0. The van der Waals surface area contributed by atoms with E-state index in [0.29, 0.717) is 19.6 Å². The van der Waals surface area contributed by atoms with Gasteiger partial charge in [-0.15, -0.1) is 0 Å². The molecule has 96 valence electrons. The molecule has 0 saturated carbocycles. The molecule has 1 N–H and O–H groups in total. The highest BCUT2D eigenvalue weighted by molar-refractivity contribution is 7.87. The van der Waals surface area contributed by atoms with E-state index in [4.69, 9.17) is 0 Å². The Morgan fingerprint density at radius 2 is 1.88 bits per heavy atom. The van der Waals surface area contributed by atoms with E-state index in [-0.39, 0.29) is 11.5 Å². The predicted molar refractivity (Wildman–Crippen MR) is 65.4 cm³/mol. The van der Waals surface area contributed by atoms with Gasteiger partial charge in [0.2, 0.25) is 0 Å². The van der Waals surface area contributed by atoms with E-state index in [0.717, 1.165) is 0 Å². The Kier molecular flexibility index (Phi) is 3.99. The van der Waals surface area contributed by atoms with Crippen molar-refractivity contribution < 1.29 is 8.42 Å². The minimum Gasteiger partial charge on any atom is -0.315 e. The van der Waals surface area contributed by atoms with E-state index >= 15 is 0 Å². The van der Waals surface area contributed by atoms with E-state index < -0.39 is 10.2 Å². The Bertz CT molecular complexity index is 334. The second-order valence-corrected chi connectivity index (χ2v) is 7.43. The summed E-state index contributed by atoms with van der Waals surface area (Å²) < 4.78 is 26.8. The van der Waals surface area contributed by atoms with Crippen molar-refractivity contribution in [1.29, 1.82) is 0 Å². The lowest BCUT2D eigenvalue weighted by molar-refractivity contribution is 0.240. The number of hydrogen-bond acceptors (Lipinski definition) is 3. The Hall–Kier alpha value is -0.170. The highest BCUT2D eigenvalue weighted by Gasteiger charge is 2.37. The number of nitrogens with zero attached hydrogens (tertiary/aromatic N) is 2. The molecule has 0 radical (unpaired) electrons. The normalized spacial score (nSPS) is 24.8. The molecule has 0 aliphatic carbocycles. The molecule has 6 heteroatoms. The average molecular weight is 249 g/mol. The van der Waals surface area contributed by atoms with Crippen LogP contribution in [0.25, 0.3) is 0 Å². The van der Waals surface area contributed by atoms with Gasteiger partial charge in [0.1, 0.15) is 0 Å². The van der Waals surface area contributed by atoms with Crippen molar-refractivity contribution >= 4 is 10.2 Å². The van der Waals surface area contributed by atoms with Crippen LogP contribution in [0.2, 0.25) is 0 Å². The van der Waals surface area contributed by atoms with Gasteiger partial charge in [0.15, 0.2) is 0 Å². The van der Waals surface area contributed by atoms with Crippen molar-refractivity contribution in [3.63, 3.8) is 0 Å². The van der Waals surface area contributed by atoms with Gasteiger partial charge in [0.05, 0.1) is 0 Å². The lowest BCUT2D eigenvalue weighted by Gasteiger charge is -2.33. The number of nitrogens with one attached hydrogen (secondary N) is 1. The zero-order valence-electron chi connectivity index (χ0n) is 10.8. The monoisotopic (exact) mass is 249 g/mol. The van der Waals surface area contributed by atoms with Crippen LogP contribution in [-0.2, 0) is 10.2 Å². The quantitative estimate of drug-likeness (QED) is 0.772. The zero-order chi connectivity index (χ0) is 12.6. The van der Waals surface area contributed by atoms with Crippen molar-refractivity contribution in [2.75, 3.05) is 33.7 Å². The summed E-state index contributed by atoms with van der Waals surface area (Å²) in [6.45, 7) is 8.05. The third-order valence-electron chi connectivity index (χ3n) is 3.16. The Labute approximate surface area is 99.0 Å². The third-order valence-corrected chi connectivity index (χ3v) is 5.12. The average Bonchev–Trinajstić information content (AvgIpc) is 2.37. The molecule has 5 nitrogen and oxygen atoms in total. The van der Waals surface area contributed by atoms with E-state index in [1.165, 1.54) is 4.31 Å². The molecule has 1 aliphatic rings. The second kappa shape index (κ2) is 4.60. The van der Waals surface area contributed by atoms with Gasteiger partial charge in [-0.2, -0.15) is 17.0 Å². The number of hydrogen-bond donors (Lipinski definition) is 1. The molecule has 1 heterocycles. The Morgan fingerprint density at radius 3 is 2.19 bits per heavy atom. The van der Waals surface area contributed by atoms with Crippen molar-refractivity contribution in [2.24, 2.45) is 5.41 Å². The van der Waals surface area contributed by atoms with Crippen LogP contribution in [0.3, 0.4) is 0 Å². The van der Waals surface area contributed by atoms with Gasteiger partial charge in [-0.25, -0.2) is 0 Å². The molecule has 1 rings (SSSR count). The van der Waals surface area contributed by atoms with Crippen molar-refractivity contribution in [3.05, 3.63) is 0 Å². The van der Waals surface area contributed by atoms with Crippen LogP contribution in [0.5, 0.6) is 0 Å². The van der Waals surface area contributed by atoms with E-state index in [2.05, 4.69) is 26.1 Å². The van der Waals surface area contributed by atoms with Gasteiger partial charge in [0.25, 0.3) is 10.2 Å². The van der Waals surface area contributed by atoms with E-state index in [9.17, 15) is 8.42 Å². The molecule has 0 aromatic carbocycles. The lowest BCUT2D eigenvalue weighted by atomic mass is 9.87. The van der Waals surface area contributed by atoms with E-state index in [1.807, 2.05) is 7.05 Å². The summed E-state index contributed by atoms with van der Waals surface area (Å²) in [5.74, 6) is 0. The first kappa shape index (κ1) is 13.9. The SMILES string of the molecule is CN[C@H](CN1CCN(C)S1(=O)=O)C(C)(C)C. The second-order valence-electron chi connectivity index (χ2n) is 5.39. The molecule has 0 aromatic rings. The van der Waals surface area contributed by atoms with Crippen molar-refractivity contribution in [2.45, 2.75) is 26.8 Å². The van der Waals surface area contributed by atoms with Gasteiger partial charge in [-0.05, 0) is 12.5 Å². The van der Waals surface area contributed by atoms with Crippen LogP contribution in [0, 0.1) is 5.41 Å². The minimum atomic E-state index is -3.20.